The van der Waals surface area contributed by atoms with Crippen LogP contribution in [0.3, 0.4) is 0 Å². The minimum atomic E-state index is -0.375. The number of carbonyl (C=O) groups excluding carboxylic acids is 2. The van der Waals surface area contributed by atoms with E-state index in [-0.39, 0.29) is 28.7 Å². The summed E-state index contributed by atoms with van der Waals surface area (Å²) in [4.78, 5) is 26.7. The number of hydrogen-bond acceptors (Lipinski definition) is 2. The first-order chi connectivity index (χ1) is 9.63. The largest absolute Gasteiger partial charge is 0.351 e. The number of carbonyl (C=O) groups is 2. The maximum atomic E-state index is 12.5. The molecule has 0 aromatic carbocycles. The Kier molecular flexibility index (Phi) is 5.83. The van der Waals surface area contributed by atoms with Gasteiger partial charge in [0.15, 0.2) is 0 Å². The number of piperidine rings is 1. The number of rotatable bonds is 4. The van der Waals surface area contributed by atoms with Crippen LogP contribution in [0, 0.1) is 11.3 Å². The molecule has 0 aliphatic carbocycles. The van der Waals surface area contributed by atoms with Crippen LogP contribution >= 0.6 is 0 Å². The summed E-state index contributed by atoms with van der Waals surface area (Å²) < 4.78 is 0. The molecule has 1 aliphatic rings. The maximum Gasteiger partial charge on any atom is 0.227 e. The van der Waals surface area contributed by atoms with E-state index in [9.17, 15) is 9.59 Å². The molecule has 1 fully saturated rings. The van der Waals surface area contributed by atoms with Crippen molar-refractivity contribution >= 4 is 11.8 Å². The SMILES string of the molecule is CCC(C)(CC)NC(=O)C1CCCN(C(=O)C(C)(C)C)C1. The van der Waals surface area contributed by atoms with Gasteiger partial charge >= 0.3 is 0 Å². The van der Waals surface area contributed by atoms with Crippen LogP contribution in [-0.4, -0.2) is 35.3 Å². The molecule has 2 amide bonds. The van der Waals surface area contributed by atoms with E-state index in [1.165, 1.54) is 0 Å². The van der Waals surface area contributed by atoms with Gasteiger partial charge < -0.3 is 10.2 Å². The second kappa shape index (κ2) is 6.80. The lowest BCUT2D eigenvalue weighted by Gasteiger charge is -2.37. The molecular formula is C17H32N2O2. The number of likely N-dealkylation sites (tertiary alicyclic amines) is 1. The molecule has 1 unspecified atom stereocenters. The van der Waals surface area contributed by atoms with Crippen molar-refractivity contribution in [2.75, 3.05) is 13.1 Å². The third-order valence-corrected chi connectivity index (χ3v) is 4.71. The van der Waals surface area contributed by atoms with Gasteiger partial charge in [0, 0.05) is 24.0 Å². The predicted octanol–water partition coefficient (Wildman–Crippen LogP) is 2.97. The molecule has 1 saturated heterocycles. The molecule has 0 spiro atoms. The third-order valence-electron chi connectivity index (χ3n) is 4.71. The van der Waals surface area contributed by atoms with Gasteiger partial charge in [0.2, 0.25) is 11.8 Å². The van der Waals surface area contributed by atoms with Gasteiger partial charge in [-0.05, 0) is 32.6 Å². The van der Waals surface area contributed by atoms with Gasteiger partial charge in [0.05, 0.1) is 5.92 Å². The topological polar surface area (TPSA) is 49.4 Å². The van der Waals surface area contributed by atoms with E-state index in [1.54, 1.807) is 0 Å². The summed E-state index contributed by atoms with van der Waals surface area (Å²) in [6, 6.07) is 0. The first kappa shape index (κ1) is 18.0. The van der Waals surface area contributed by atoms with Gasteiger partial charge in [-0.3, -0.25) is 9.59 Å². The van der Waals surface area contributed by atoms with Crippen LogP contribution in [-0.2, 0) is 9.59 Å². The van der Waals surface area contributed by atoms with Gasteiger partial charge in [-0.15, -0.1) is 0 Å². The Balaban J connectivity index is 2.68. The zero-order chi connectivity index (χ0) is 16.3. The molecule has 1 rings (SSSR count). The highest BCUT2D eigenvalue weighted by Crippen LogP contribution is 2.24. The van der Waals surface area contributed by atoms with Crippen LogP contribution in [0.15, 0.2) is 0 Å². The highest BCUT2D eigenvalue weighted by atomic mass is 16.2. The molecule has 1 aliphatic heterocycles. The Morgan fingerprint density at radius 1 is 1.14 bits per heavy atom. The molecule has 21 heavy (non-hydrogen) atoms. The summed E-state index contributed by atoms with van der Waals surface area (Å²) in [7, 11) is 0. The first-order valence-electron chi connectivity index (χ1n) is 8.24. The number of amides is 2. The zero-order valence-corrected chi connectivity index (χ0v) is 14.6. The van der Waals surface area contributed by atoms with Gasteiger partial charge in [-0.1, -0.05) is 34.6 Å². The second-order valence-electron chi connectivity index (χ2n) is 7.60. The molecular weight excluding hydrogens is 264 g/mol. The molecule has 1 heterocycles. The zero-order valence-electron chi connectivity index (χ0n) is 14.6. The summed E-state index contributed by atoms with van der Waals surface area (Å²) in [6.07, 6.45) is 3.64. The number of nitrogens with zero attached hydrogens (tertiary/aromatic N) is 1. The van der Waals surface area contributed by atoms with Crippen molar-refractivity contribution < 1.29 is 9.59 Å². The fourth-order valence-electron chi connectivity index (χ4n) is 2.68. The van der Waals surface area contributed by atoms with Crippen molar-refractivity contribution in [3.63, 3.8) is 0 Å². The minimum Gasteiger partial charge on any atom is -0.351 e. The molecule has 0 aromatic rings. The van der Waals surface area contributed by atoms with E-state index in [2.05, 4.69) is 26.1 Å². The average molecular weight is 296 g/mol. The molecule has 1 atom stereocenters. The predicted molar refractivity (Wildman–Crippen MR) is 85.9 cm³/mol. The average Bonchev–Trinajstić information content (AvgIpc) is 2.45. The summed E-state index contributed by atoms with van der Waals surface area (Å²) in [5.74, 6) is 0.184. The molecule has 0 radical (unpaired) electrons. The Morgan fingerprint density at radius 2 is 1.71 bits per heavy atom. The Bertz CT molecular complexity index is 381. The van der Waals surface area contributed by atoms with Crippen LogP contribution in [0.25, 0.3) is 0 Å². The second-order valence-corrected chi connectivity index (χ2v) is 7.60. The van der Waals surface area contributed by atoms with E-state index in [0.717, 1.165) is 32.2 Å². The van der Waals surface area contributed by atoms with Crippen LogP contribution in [0.1, 0.15) is 67.2 Å². The Morgan fingerprint density at radius 3 is 2.19 bits per heavy atom. The lowest BCUT2D eigenvalue weighted by atomic mass is 9.89. The molecule has 4 nitrogen and oxygen atoms in total. The van der Waals surface area contributed by atoms with E-state index in [1.807, 2.05) is 25.7 Å². The summed E-state index contributed by atoms with van der Waals surface area (Å²) in [6.45, 7) is 13.4. The number of hydrogen-bond donors (Lipinski definition) is 1. The van der Waals surface area contributed by atoms with Crippen molar-refractivity contribution in [3.05, 3.63) is 0 Å². The van der Waals surface area contributed by atoms with Gasteiger partial charge in [0.25, 0.3) is 0 Å². The molecule has 4 heteroatoms. The van der Waals surface area contributed by atoms with Crippen LogP contribution < -0.4 is 5.32 Å². The van der Waals surface area contributed by atoms with E-state index in [4.69, 9.17) is 0 Å². The van der Waals surface area contributed by atoms with Crippen LogP contribution in [0.5, 0.6) is 0 Å². The minimum absolute atomic E-state index is 0.0672. The van der Waals surface area contributed by atoms with Crippen molar-refractivity contribution in [1.29, 1.82) is 0 Å². The number of nitrogens with one attached hydrogen (secondary N) is 1. The maximum absolute atomic E-state index is 12.5. The Hall–Kier alpha value is -1.06. The van der Waals surface area contributed by atoms with Crippen molar-refractivity contribution in [3.8, 4) is 0 Å². The van der Waals surface area contributed by atoms with Crippen molar-refractivity contribution in [1.82, 2.24) is 10.2 Å². The first-order valence-corrected chi connectivity index (χ1v) is 8.24. The molecule has 0 saturated carbocycles. The van der Waals surface area contributed by atoms with E-state index < -0.39 is 0 Å². The Labute approximate surface area is 129 Å². The highest BCUT2D eigenvalue weighted by Gasteiger charge is 2.34. The monoisotopic (exact) mass is 296 g/mol. The van der Waals surface area contributed by atoms with E-state index >= 15 is 0 Å². The van der Waals surface area contributed by atoms with Gasteiger partial charge in [0.1, 0.15) is 0 Å². The molecule has 0 aromatic heterocycles. The normalized spacial score (nSPS) is 20.3. The molecule has 122 valence electrons. The quantitative estimate of drug-likeness (QED) is 0.867. The van der Waals surface area contributed by atoms with Crippen molar-refractivity contribution in [2.45, 2.75) is 72.8 Å². The third kappa shape index (κ3) is 4.72. The van der Waals surface area contributed by atoms with Crippen LogP contribution in [0.2, 0.25) is 0 Å². The molecule has 0 bridgehead atoms. The fraction of sp³-hybridized carbons (Fsp3) is 0.882. The smallest absolute Gasteiger partial charge is 0.227 e. The summed E-state index contributed by atoms with van der Waals surface area (Å²) in [5.41, 5.74) is -0.507. The highest BCUT2D eigenvalue weighted by molar-refractivity contribution is 5.84. The van der Waals surface area contributed by atoms with Crippen molar-refractivity contribution in [2.24, 2.45) is 11.3 Å². The summed E-state index contributed by atoms with van der Waals surface area (Å²) >= 11 is 0. The lowest BCUT2D eigenvalue weighted by Crippen LogP contribution is -2.52. The lowest BCUT2D eigenvalue weighted by molar-refractivity contribution is -0.143. The standard InChI is InChI=1S/C17H32N2O2/c1-7-17(6,8-2)18-14(20)13-10-9-11-19(12-13)15(21)16(3,4)5/h13H,7-12H2,1-6H3,(H,18,20). The van der Waals surface area contributed by atoms with Gasteiger partial charge in [-0.25, -0.2) is 0 Å². The van der Waals surface area contributed by atoms with Gasteiger partial charge in [-0.2, -0.15) is 0 Å². The van der Waals surface area contributed by atoms with Crippen LogP contribution in [0.4, 0.5) is 0 Å². The summed E-state index contributed by atoms with van der Waals surface area (Å²) in [5, 5.41) is 3.18. The molecule has 1 N–H and O–H groups in total. The fourth-order valence-corrected chi connectivity index (χ4v) is 2.68. The van der Waals surface area contributed by atoms with E-state index in [0.29, 0.717) is 6.54 Å².